The standard InChI is InChI=1S/C30H28ClN3O4.2C2H6.CH5N/c1-16-25(28(29(35)36)37-30(4,5)6)26(20-11-13-22(31)14-12-20)23(15-32)27(33-16)21-9-7-19(8-10-21)24-17(2)34-38-18(24)3;3*1-2/h7-14,28H,1-6H3,(H,35,36);2*1-2H3;2H2,1H3/t28-;;;/m0.../s1. The van der Waals surface area contributed by atoms with Gasteiger partial charge >= 0.3 is 5.97 Å². The van der Waals surface area contributed by atoms with E-state index in [1.807, 2.05) is 65.8 Å². The van der Waals surface area contributed by atoms with Crippen LogP contribution in [0.4, 0.5) is 0 Å². The molecular weight excluding hydrogens is 576 g/mol. The van der Waals surface area contributed by atoms with E-state index in [9.17, 15) is 15.2 Å². The number of halogens is 1. The van der Waals surface area contributed by atoms with Crippen molar-refractivity contribution in [3.8, 4) is 39.6 Å². The van der Waals surface area contributed by atoms with Crippen LogP contribution < -0.4 is 5.73 Å². The van der Waals surface area contributed by atoms with Crippen molar-refractivity contribution in [2.45, 2.75) is 80.9 Å². The number of carbonyl (C=O) groups is 1. The molecule has 0 saturated heterocycles. The fourth-order valence-corrected chi connectivity index (χ4v) is 4.67. The van der Waals surface area contributed by atoms with Crippen LogP contribution in [0.1, 0.15) is 82.8 Å². The van der Waals surface area contributed by atoms with Crippen molar-refractivity contribution < 1.29 is 19.2 Å². The van der Waals surface area contributed by atoms with E-state index < -0.39 is 17.7 Å². The van der Waals surface area contributed by atoms with Crippen molar-refractivity contribution in [2.75, 3.05) is 7.05 Å². The predicted octanol–water partition coefficient (Wildman–Crippen LogP) is 9.09. The molecule has 4 aromatic rings. The Morgan fingerprint density at radius 3 is 1.82 bits per heavy atom. The summed E-state index contributed by atoms with van der Waals surface area (Å²) >= 11 is 6.14. The topological polar surface area (TPSA) is 135 Å². The summed E-state index contributed by atoms with van der Waals surface area (Å²) in [5.41, 5.74) is 9.68. The molecule has 44 heavy (non-hydrogen) atoms. The smallest absolute Gasteiger partial charge is 0.337 e. The van der Waals surface area contributed by atoms with Crippen LogP contribution in [0.25, 0.3) is 33.5 Å². The molecule has 0 spiro atoms. The molecule has 2 aromatic heterocycles. The highest BCUT2D eigenvalue weighted by atomic mass is 35.5. The number of aryl methyl sites for hydroxylation is 3. The first-order valence-corrected chi connectivity index (χ1v) is 15.0. The van der Waals surface area contributed by atoms with E-state index in [4.69, 9.17) is 25.8 Å². The lowest BCUT2D eigenvalue weighted by Crippen LogP contribution is -2.28. The number of hydrogen-bond acceptors (Lipinski definition) is 7. The third-order valence-corrected chi connectivity index (χ3v) is 6.36. The molecule has 1 atom stereocenters. The van der Waals surface area contributed by atoms with Crippen LogP contribution in [0.3, 0.4) is 0 Å². The van der Waals surface area contributed by atoms with Gasteiger partial charge in [0, 0.05) is 33.0 Å². The Hall–Kier alpha value is -4.03. The highest BCUT2D eigenvalue weighted by molar-refractivity contribution is 6.30. The molecule has 0 aliphatic rings. The maximum Gasteiger partial charge on any atom is 0.337 e. The number of nitrogens with two attached hydrogens (primary N) is 1. The number of hydrogen-bond donors (Lipinski definition) is 2. The van der Waals surface area contributed by atoms with Gasteiger partial charge in [-0.25, -0.2) is 4.79 Å². The number of benzene rings is 2. The summed E-state index contributed by atoms with van der Waals surface area (Å²) in [5.74, 6) is -0.449. The average Bonchev–Trinajstić information content (AvgIpc) is 3.36. The Balaban J connectivity index is 0.00000152. The molecule has 2 aromatic carbocycles. The monoisotopic (exact) mass is 620 g/mol. The zero-order valence-electron chi connectivity index (χ0n) is 27.7. The molecule has 236 valence electrons. The minimum atomic E-state index is -1.34. The third kappa shape index (κ3) is 8.99. The second kappa shape index (κ2) is 17.3. The van der Waals surface area contributed by atoms with Crippen molar-refractivity contribution in [3.63, 3.8) is 0 Å². The van der Waals surface area contributed by atoms with Crippen LogP contribution in [-0.2, 0) is 9.53 Å². The molecule has 0 fully saturated rings. The maximum atomic E-state index is 12.5. The second-order valence-corrected chi connectivity index (χ2v) is 10.5. The van der Waals surface area contributed by atoms with Gasteiger partial charge in [-0.3, -0.25) is 4.98 Å². The fourth-order valence-electron chi connectivity index (χ4n) is 4.55. The lowest BCUT2D eigenvalue weighted by molar-refractivity contribution is -0.160. The van der Waals surface area contributed by atoms with E-state index in [1.54, 1.807) is 52.0 Å². The molecule has 0 aliphatic heterocycles. The van der Waals surface area contributed by atoms with E-state index in [1.165, 1.54) is 7.05 Å². The van der Waals surface area contributed by atoms with E-state index in [2.05, 4.69) is 17.0 Å². The molecule has 4 rings (SSSR count). The Labute approximate surface area is 266 Å². The zero-order valence-corrected chi connectivity index (χ0v) is 28.4. The molecule has 0 aliphatic carbocycles. The predicted molar refractivity (Wildman–Crippen MR) is 179 cm³/mol. The number of aromatic nitrogens is 2. The average molecular weight is 621 g/mol. The lowest BCUT2D eigenvalue weighted by atomic mass is 9.88. The summed E-state index contributed by atoms with van der Waals surface area (Å²) in [6.07, 6.45) is -1.34. The van der Waals surface area contributed by atoms with Gasteiger partial charge in [0.2, 0.25) is 0 Å². The van der Waals surface area contributed by atoms with Gasteiger partial charge in [0.1, 0.15) is 11.8 Å². The van der Waals surface area contributed by atoms with Gasteiger partial charge in [-0.2, -0.15) is 5.26 Å². The molecule has 0 bridgehead atoms. The number of nitrogens with zero attached hydrogens (tertiary/aromatic N) is 3. The molecular formula is C35H45ClN4O4. The summed E-state index contributed by atoms with van der Waals surface area (Å²) in [6.45, 7) is 18.8. The zero-order chi connectivity index (χ0) is 33.8. The lowest BCUT2D eigenvalue weighted by Gasteiger charge is -2.28. The van der Waals surface area contributed by atoms with Crippen LogP contribution in [-0.4, -0.2) is 33.9 Å². The first-order valence-electron chi connectivity index (χ1n) is 14.6. The van der Waals surface area contributed by atoms with Crippen molar-refractivity contribution in [1.29, 1.82) is 5.26 Å². The second-order valence-electron chi connectivity index (χ2n) is 10.1. The van der Waals surface area contributed by atoms with Crippen LogP contribution in [0.2, 0.25) is 5.02 Å². The van der Waals surface area contributed by atoms with Crippen LogP contribution in [0.5, 0.6) is 0 Å². The van der Waals surface area contributed by atoms with Crippen LogP contribution in [0, 0.1) is 32.1 Å². The first-order chi connectivity index (χ1) is 20.9. The minimum absolute atomic E-state index is 0.252. The van der Waals surface area contributed by atoms with Crippen molar-refractivity contribution in [3.05, 3.63) is 81.8 Å². The minimum Gasteiger partial charge on any atom is -0.479 e. The Morgan fingerprint density at radius 2 is 1.39 bits per heavy atom. The Bertz CT molecular complexity index is 1530. The van der Waals surface area contributed by atoms with Gasteiger partial charge in [0.05, 0.1) is 22.6 Å². The number of nitriles is 1. The first kappa shape index (κ1) is 38.0. The Morgan fingerprint density at radius 1 is 0.909 bits per heavy atom. The van der Waals surface area contributed by atoms with Crippen molar-refractivity contribution in [1.82, 2.24) is 10.1 Å². The molecule has 0 unspecified atom stereocenters. The summed E-state index contributed by atoms with van der Waals surface area (Å²) in [7, 11) is 1.50. The van der Waals surface area contributed by atoms with Crippen LogP contribution >= 0.6 is 11.6 Å². The normalized spacial score (nSPS) is 11.0. The highest BCUT2D eigenvalue weighted by Gasteiger charge is 2.33. The molecule has 3 N–H and O–H groups in total. The Kier molecular flexibility index (Phi) is 14.9. The van der Waals surface area contributed by atoms with Crippen LogP contribution in [0.15, 0.2) is 53.1 Å². The van der Waals surface area contributed by atoms with Gasteiger partial charge in [0.25, 0.3) is 0 Å². The van der Waals surface area contributed by atoms with E-state index in [-0.39, 0.29) is 5.56 Å². The molecule has 8 nitrogen and oxygen atoms in total. The maximum absolute atomic E-state index is 12.5. The summed E-state index contributed by atoms with van der Waals surface area (Å²) in [5, 5.41) is 25.1. The molecule has 0 amide bonds. The van der Waals surface area contributed by atoms with Gasteiger partial charge in [-0.05, 0) is 71.8 Å². The fraction of sp³-hybridized carbons (Fsp3) is 0.371. The molecule has 2 heterocycles. The number of rotatable bonds is 6. The van der Waals surface area contributed by atoms with E-state index in [0.717, 1.165) is 22.6 Å². The molecule has 0 radical (unpaired) electrons. The SMILES string of the molecule is CC.CC.CN.Cc1noc(C)c1-c1ccc(-c2nc(C)c([C@H](OC(C)(C)C)C(=O)O)c(-c3ccc(Cl)cc3)c2C#N)cc1. The summed E-state index contributed by atoms with van der Waals surface area (Å²) in [4.78, 5) is 17.2. The largest absolute Gasteiger partial charge is 0.479 e. The van der Waals surface area contributed by atoms with Gasteiger partial charge in [-0.1, -0.05) is 80.9 Å². The quantitative estimate of drug-likeness (QED) is 0.218. The number of carboxylic acids is 1. The van der Waals surface area contributed by atoms with Crippen molar-refractivity contribution in [2.24, 2.45) is 5.73 Å². The van der Waals surface area contributed by atoms with Gasteiger partial charge in [0.15, 0.2) is 6.10 Å². The van der Waals surface area contributed by atoms with E-state index >= 15 is 0 Å². The van der Waals surface area contributed by atoms with E-state index in [0.29, 0.717) is 38.7 Å². The molecule has 0 saturated carbocycles. The van der Waals surface area contributed by atoms with Gasteiger partial charge in [-0.15, -0.1) is 0 Å². The number of aliphatic carboxylic acids is 1. The summed E-state index contributed by atoms with van der Waals surface area (Å²) < 4.78 is 11.3. The molecule has 9 heteroatoms. The van der Waals surface area contributed by atoms with Gasteiger partial charge < -0.3 is 20.1 Å². The number of carboxylic acid groups (broad SMARTS) is 1. The third-order valence-electron chi connectivity index (χ3n) is 6.11. The number of pyridine rings is 1. The van der Waals surface area contributed by atoms with Crippen molar-refractivity contribution >= 4 is 17.6 Å². The number of ether oxygens (including phenoxy) is 1. The highest BCUT2D eigenvalue weighted by Crippen LogP contribution is 2.41. The summed E-state index contributed by atoms with van der Waals surface area (Å²) in [6, 6.07) is 16.9.